The van der Waals surface area contributed by atoms with E-state index in [4.69, 9.17) is 0 Å². The molecule has 0 spiro atoms. The van der Waals surface area contributed by atoms with Crippen LogP contribution in [0.1, 0.15) is 50.2 Å². The third-order valence-corrected chi connectivity index (χ3v) is 5.96. The lowest BCUT2D eigenvalue weighted by Crippen LogP contribution is -2.46. The van der Waals surface area contributed by atoms with Crippen LogP contribution in [0.15, 0.2) is 47.4 Å². The number of nitrogens with one attached hydrogen (secondary N) is 1. The number of anilines is 1. The molecule has 0 aromatic heterocycles. The summed E-state index contributed by atoms with van der Waals surface area (Å²) >= 11 is 4.42. The van der Waals surface area contributed by atoms with Gasteiger partial charge in [0, 0.05) is 23.2 Å². The van der Waals surface area contributed by atoms with Crippen molar-refractivity contribution in [1.29, 1.82) is 0 Å². The predicted molar refractivity (Wildman–Crippen MR) is 122 cm³/mol. The zero-order chi connectivity index (χ0) is 23.1. The van der Waals surface area contributed by atoms with E-state index in [2.05, 4.69) is 41.7 Å². The topological polar surface area (TPSA) is 41.6 Å². The van der Waals surface area contributed by atoms with Crippen molar-refractivity contribution < 1.29 is 22.7 Å². The fourth-order valence-electron chi connectivity index (χ4n) is 4.08. The van der Waals surface area contributed by atoms with Crippen LogP contribution in [-0.4, -0.2) is 29.9 Å². The van der Waals surface area contributed by atoms with E-state index in [1.807, 2.05) is 11.0 Å². The molecule has 1 aliphatic carbocycles. The molecule has 32 heavy (non-hydrogen) atoms. The van der Waals surface area contributed by atoms with Crippen LogP contribution in [0.25, 0.3) is 0 Å². The third-order valence-electron chi connectivity index (χ3n) is 5.69. The van der Waals surface area contributed by atoms with Crippen LogP contribution in [0.3, 0.4) is 0 Å². The van der Waals surface area contributed by atoms with E-state index in [1.165, 1.54) is 35.4 Å². The molecule has 1 unspecified atom stereocenters. The number of carbonyl (C=O) groups is 1. The van der Waals surface area contributed by atoms with Gasteiger partial charge in [-0.3, -0.25) is 0 Å². The number of amides is 2. The summed E-state index contributed by atoms with van der Waals surface area (Å²) in [6.07, 6.45) is 1.98. The lowest BCUT2D eigenvalue weighted by atomic mass is 9.87. The molecule has 2 aromatic carbocycles. The molecule has 2 aromatic rings. The van der Waals surface area contributed by atoms with Gasteiger partial charge in [0.25, 0.3) is 0 Å². The Morgan fingerprint density at radius 2 is 1.88 bits per heavy atom. The fourth-order valence-corrected chi connectivity index (χ4v) is 4.31. The van der Waals surface area contributed by atoms with E-state index in [0.29, 0.717) is 12.2 Å². The molecule has 1 atom stereocenters. The summed E-state index contributed by atoms with van der Waals surface area (Å²) in [5.74, 6) is -0.320. The van der Waals surface area contributed by atoms with E-state index in [1.54, 1.807) is 0 Å². The first kappa shape index (κ1) is 24.3. The van der Waals surface area contributed by atoms with E-state index >= 15 is 0 Å². The van der Waals surface area contributed by atoms with E-state index in [9.17, 15) is 18.0 Å². The SMILES string of the molecule is CCCCCCN(C(=O)Nc1ccc(OC(F)(F)F)cc1)C1CCc2cc(S)ccc2C1. The zero-order valence-corrected chi connectivity index (χ0v) is 19.0. The minimum absolute atomic E-state index is 0.0720. The Balaban J connectivity index is 1.69. The van der Waals surface area contributed by atoms with Crippen LogP contribution in [0.5, 0.6) is 5.75 Å². The van der Waals surface area contributed by atoms with Gasteiger partial charge in [-0.15, -0.1) is 25.8 Å². The second-order valence-corrected chi connectivity index (χ2v) is 8.62. The number of thiol groups is 1. The number of fused-ring (bicyclic) bond motifs is 1. The van der Waals surface area contributed by atoms with Gasteiger partial charge < -0.3 is 15.0 Å². The summed E-state index contributed by atoms with van der Waals surface area (Å²) in [6, 6.07) is 11.2. The minimum atomic E-state index is -4.74. The van der Waals surface area contributed by atoms with Crippen molar-refractivity contribution in [1.82, 2.24) is 4.90 Å². The number of unbranched alkanes of at least 4 members (excludes halogenated alkanes) is 3. The number of rotatable bonds is 8. The molecule has 0 fully saturated rings. The highest BCUT2D eigenvalue weighted by Gasteiger charge is 2.31. The first-order chi connectivity index (χ1) is 15.2. The molecule has 0 radical (unpaired) electrons. The van der Waals surface area contributed by atoms with Gasteiger partial charge in [-0.2, -0.15) is 0 Å². The Morgan fingerprint density at radius 3 is 2.56 bits per heavy atom. The van der Waals surface area contributed by atoms with Crippen molar-refractivity contribution in [2.45, 2.75) is 69.2 Å². The van der Waals surface area contributed by atoms with Crippen LogP contribution in [0.4, 0.5) is 23.7 Å². The van der Waals surface area contributed by atoms with Gasteiger partial charge >= 0.3 is 12.4 Å². The highest BCUT2D eigenvalue weighted by molar-refractivity contribution is 7.80. The van der Waals surface area contributed by atoms with Crippen molar-refractivity contribution in [2.24, 2.45) is 0 Å². The summed E-state index contributed by atoms with van der Waals surface area (Å²) in [7, 11) is 0. The molecule has 2 amide bonds. The van der Waals surface area contributed by atoms with Gasteiger partial charge in [0.15, 0.2) is 0 Å². The number of benzene rings is 2. The molecule has 1 N–H and O–H groups in total. The number of hydrogen-bond acceptors (Lipinski definition) is 3. The van der Waals surface area contributed by atoms with Crippen molar-refractivity contribution in [3.8, 4) is 5.75 Å². The Kier molecular flexibility index (Phi) is 8.34. The molecule has 4 nitrogen and oxygen atoms in total. The highest BCUT2D eigenvalue weighted by atomic mass is 32.1. The molecular weight excluding hydrogens is 437 g/mol. The van der Waals surface area contributed by atoms with Crippen LogP contribution >= 0.6 is 12.6 Å². The maximum atomic E-state index is 13.1. The second-order valence-electron chi connectivity index (χ2n) is 8.11. The average molecular weight is 467 g/mol. The quantitative estimate of drug-likeness (QED) is 0.330. The van der Waals surface area contributed by atoms with Gasteiger partial charge in [-0.1, -0.05) is 32.3 Å². The molecule has 8 heteroatoms. The summed E-state index contributed by atoms with van der Waals surface area (Å²) in [6.45, 7) is 2.79. The van der Waals surface area contributed by atoms with Crippen LogP contribution in [-0.2, 0) is 12.8 Å². The Labute approximate surface area is 192 Å². The van der Waals surface area contributed by atoms with Crippen LogP contribution < -0.4 is 10.1 Å². The van der Waals surface area contributed by atoms with Gasteiger partial charge in [-0.05, 0) is 73.2 Å². The lowest BCUT2D eigenvalue weighted by molar-refractivity contribution is -0.274. The van der Waals surface area contributed by atoms with Crippen LogP contribution in [0, 0.1) is 0 Å². The van der Waals surface area contributed by atoms with Crippen molar-refractivity contribution >= 4 is 24.3 Å². The number of carbonyl (C=O) groups excluding carboxylic acids is 1. The molecule has 1 aliphatic rings. The van der Waals surface area contributed by atoms with Crippen LogP contribution in [0.2, 0.25) is 0 Å². The fraction of sp³-hybridized carbons (Fsp3) is 0.458. The molecule has 3 rings (SSSR count). The van der Waals surface area contributed by atoms with Gasteiger partial charge in [0.05, 0.1) is 0 Å². The largest absolute Gasteiger partial charge is 0.573 e. The average Bonchev–Trinajstić information content (AvgIpc) is 2.74. The standard InChI is InChI=1S/C24H29F3N2O2S/c1-2-3-4-5-14-29(20-10-6-18-16-22(32)13-7-17(18)15-20)23(30)28-19-8-11-21(12-9-19)31-24(25,26)27/h7-9,11-13,16,20,32H,2-6,10,14-15H2,1H3,(H,28,30). The summed E-state index contributed by atoms with van der Waals surface area (Å²) in [5, 5.41) is 2.84. The summed E-state index contributed by atoms with van der Waals surface area (Å²) in [5.41, 5.74) is 2.94. The molecular formula is C24H29F3N2O2S. The first-order valence-electron chi connectivity index (χ1n) is 11.0. The maximum absolute atomic E-state index is 13.1. The van der Waals surface area contributed by atoms with E-state index in [-0.39, 0.29) is 17.8 Å². The smallest absolute Gasteiger partial charge is 0.406 e. The zero-order valence-electron chi connectivity index (χ0n) is 18.1. The minimum Gasteiger partial charge on any atom is -0.406 e. The Bertz CT molecular complexity index is 903. The molecule has 0 bridgehead atoms. The van der Waals surface area contributed by atoms with E-state index < -0.39 is 6.36 Å². The Morgan fingerprint density at radius 1 is 1.12 bits per heavy atom. The van der Waals surface area contributed by atoms with Crippen molar-refractivity contribution in [2.75, 3.05) is 11.9 Å². The first-order valence-corrected chi connectivity index (χ1v) is 11.4. The number of urea groups is 1. The lowest BCUT2D eigenvalue weighted by Gasteiger charge is -2.35. The second kappa shape index (κ2) is 11.0. The Hall–Kier alpha value is -2.35. The number of alkyl halides is 3. The van der Waals surface area contributed by atoms with Gasteiger partial charge in [-0.25, -0.2) is 4.79 Å². The summed E-state index contributed by atoms with van der Waals surface area (Å²) < 4.78 is 41.0. The normalized spacial score (nSPS) is 15.7. The van der Waals surface area contributed by atoms with Gasteiger partial charge in [0.1, 0.15) is 5.75 Å². The number of hydrogen-bond donors (Lipinski definition) is 2. The monoisotopic (exact) mass is 466 g/mol. The molecule has 0 heterocycles. The number of halogens is 3. The maximum Gasteiger partial charge on any atom is 0.573 e. The summed E-state index contributed by atoms with van der Waals surface area (Å²) in [4.78, 5) is 16.0. The molecule has 0 saturated carbocycles. The number of nitrogens with zero attached hydrogens (tertiary/aromatic N) is 1. The molecule has 0 aliphatic heterocycles. The predicted octanol–water partition coefficient (Wildman–Crippen LogP) is 6.85. The van der Waals surface area contributed by atoms with Gasteiger partial charge in [0.2, 0.25) is 0 Å². The molecule has 174 valence electrons. The third kappa shape index (κ3) is 7.08. The van der Waals surface area contributed by atoms with Crippen molar-refractivity contribution in [3.05, 3.63) is 53.6 Å². The number of ether oxygens (including phenoxy) is 1. The van der Waals surface area contributed by atoms with Crippen molar-refractivity contribution in [3.63, 3.8) is 0 Å². The molecule has 0 saturated heterocycles. The number of aryl methyl sites for hydroxylation is 1. The van der Waals surface area contributed by atoms with E-state index in [0.717, 1.165) is 49.8 Å². The highest BCUT2D eigenvalue weighted by Crippen LogP contribution is 2.28.